The van der Waals surface area contributed by atoms with E-state index in [1.54, 1.807) is 0 Å². The molecular weight excluding hydrogens is 224 g/mol. The number of para-hydroxylation sites is 1. The Morgan fingerprint density at radius 3 is 2.61 bits per heavy atom. The molecule has 0 saturated heterocycles. The number of benzene rings is 1. The molecule has 98 valence electrons. The van der Waals surface area contributed by atoms with E-state index in [1.165, 1.54) is 5.56 Å². The molecule has 0 aliphatic carbocycles. The maximum Gasteiger partial charge on any atom is 0.138 e. The summed E-state index contributed by atoms with van der Waals surface area (Å²) in [5, 5.41) is 11.1. The van der Waals surface area contributed by atoms with E-state index in [1.807, 2.05) is 12.1 Å². The van der Waals surface area contributed by atoms with Gasteiger partial charge in [0.25, 0.3) is 0 Å². The fourth-order valence-corrected chi connectivity index (χ4v) is 2.25. The van der Waals surface area contributed by atoms with E-state index in [0.29, 0.717) is 5.76 Å². The summed E-state index contributed by atoms with van der Waals surface area (Å²) in [6.45, 7) is 8.58. The lowest BCUT2D eigenvalue weighted by molar-refractivity contribution is 0.141. The number of furan rings is 1. The number of hydrogen-bond donors (Lipinski definition) is 1. The van der Waals surface area contributed by atoms with Crippen LogP contribution < -0.4 is 0 Å². The largest absolute Gasteiger partial charge is 0.458 e. The Kier molecular flexibility index (Phi) is 3.49. The molecule has 1 aromatic carbocycles. The standard InChI is InChI=1S/C16H22O2/c1-5-7-13(17)14-10-11-8-6-9-12(15(11)18-14)16(2,3)4/h6,8-10,13,17H,5,7H2,1-4H3. The molecule has 0 aliphatic heterocycles. The van der Waals surface area contributed by atoms with Gasteiger partial charge in [-0.25, -0.2) is 0 Å². The lowest BCUT2D eigenvalue weighted by Gasteiger charge is -2.18. The van der Waals surface area contributed by atoms with Gasteiger partial charge in [-0.2, -0.15) is 0 Å². The van der Waals surface area contributed by atoms with Gasteiger partial charge >= 0.3 is 0 Å². The van der Waals surface area contributed by atoms with Gasteiger partial charge in [-0.05, 0) is 17.9 Å². The van der Waals surface area contributed by atoms with Crippen molar-refractivity contribution in [1.82, 2.24) is 0 Å². The van der Waals surface area contributed by atoms with Crippen LogP contribution in [0.5, 0.6) is 0 Å². The maximum atomic E-state index is 10.0. The minimum Gasteiger partial charge on any atom is -0.458 e. The molecule has 0 spiro atoms. The molecule has 2 rings (SSSR count). The minimum absolute atomic E-state index is 0.0460. The van der Waals surface area contributed by atoms with E-state index >= 15 is 0 Å². The molecule has 1 aromatic heterocycles. The van der Waals surface area contributed by atoms with Crippen molar-refractivity contribution >= 4 is 11.0 Å². The van der Waals surface area contributed by atoms with Gasteiger partial charge in [-0.1, -0.05) is 52.3 Å². The number of hydrogen-bond acceptors (Lipinski definition) is 2. The van der Waals surface area contributed by atoms with E-state index in [0.717, 1.165) is 23.8 Å². The average Bonchev–Trinajstić information content (AvgIpc) is 2.71. The molecule has 0 aliphatic rings. The normalized spacial score (nSPS) is 14.1. The van der Waals surface area contributed by atoms with Gasteiger partial charge in [-0.15, -0.1) is 0 Å². The molecule has 1 N–H and O–H groups in total. The van der Waals surface area contributed by atoms with E-state index in [2.05, 4.69) is 39.8 Å². The molecule has 1 heterocycles. The Morgan fingerprint density at radius 1 is 1.28 bits per heavy atom. The number of rotatable bonds is 3. The second-order valence-corrected chi connectivity index (χ2v) is 5.93. The fraction of sp³-hybridized carbons (Fsp3) is 0.500. The van der Waals surface area contributed by atoms with Gasteiger partial charge in [0.15, 0.2) is 0 Å². The van der Waals surface area contributed by atoms with Crippen LogP contribution in [0.3, 0.4) is 0 Å². The fourth-order valence-electron chi connectivity index (χ4n) is 2.25. The second kappa shape index (κ2) is 4.77. The lowest BCUT2D eigenvalue weighted by atomic mass is 9.86. The summed E-state index contributed by atoms with van der Waals surface area (Å²) in [5.41, 5.74) is 2.15. The zero-order chi connectivity index (χ0) is 13.3. The van der Waals surface area contributed by atoms with Crippen LogP contribution in [0.15, 0.2) is 28.7 Å². The Labute approximate surface area is 109 Å². The number of fused-ring (bicyclic) bond motifs is 1. The Hall–Kier alpha value is -1.28. The Bertz CT molecular complexity index is 532. The molecule has 1 unspecified atom stereocenters. The molecular formula is C16H22O2. The molecule has 2 aromatic rings. The van der Waals surface area contributed by atoms with Crippen molar-refractivity contribution in [2.75, 3.05) is 0 Å². The molecule has 0 radical (unpaired) electrons. The summed E-state index contributed by atoms with van der Waals surface area (Å²) in [6.07, 6.45) is 1.20. The highest BCUT2D eigenvalue weighted by molar-refractivity contribution is 5.82. The smallest absolute Gasteiger partial charge is 0.138 e. The van der Waals surface area contributed by atoms with Crippen LogP contribution in [0.4, 0.5) is 0 Å². The predicted octanol–water partition coefficient (Wildman–Crippen LogP) is 4.56. The Balaban J connectivity index is 2.51. The first-order valence-electron chi connectivity index (χ1n) is 6.64. The van der Waals surface area contributed by atoms with Crippen LogP contribution in [0.2, 0.25) is 0 Å². The van der Waals surface area contributed by atoms with Gasteiger partial charge in [0.05, 0.1) is 0 Å². The third-order valence-electron chi connectivity index (χ3n) is 3.26. The zero-order valence-electron chi connectivity index (χ0n) is 11.7. The van der Waals surface area contributed by atoms with Crippen LogP contribution >= 0.6 is 0 Å². The van der Waals surface area contributed by atoms with E-state index in [4.69, 9.17) is 4.42 Å². The maximum absolute atomic E-state index is 10.0. The van der Waals surface area contributed by atoms with Gasteiger partial charge in [0, 0.05) is 10.9 Å². The van der Waals surface area contributed by atoms with Gasteiger partial charge in [-0.3, -0.25) is 0 Å². The molecule has 0 bridgehead atoms. The highest BCUT2D eigenvalue weighted by Crippen LogP contribution is 2.34. The van der Waals surface area contributed by atoms with Gasteiger partial charge in [0.1, 0.15) is 17.4 Å². The highest BCUT2D eigenvalue weighted by Gasteiger charge is 2.21. The lowest BCUT2D eigenvalue weighted by Crippen LogP contribution is -2.10. The topological polar surface area (TPSA) is 33.4 Å². The first kappa shape index (κ1) is 13.2. The molecule has 2 nitrogen and oxygen atoms in total. The molecule has 0 saturated carbocycles. The van der Waals surface area contributed by atoms with Crippen molar-refractivity contribution in [2.24, 2.45) is 0 Å². The molecule has 2 heteroatoms. The summed E-state index contributed by atoms with van der Waals surface area (Å²) in [7, 11) is 0. The molecule has 0 fully saturated rings. The van der Waals surface area contributed by atoms with Gasteiger partial charge in [0.2, 0.25) is 0 Å². The molecule has 0 amide bonds. The summed E-state index contributed by atoms with van der Waals surface area (Å²) < 4.78 is 5.89. The number of aliphatic hydroxyl groups excluding tert-OH is 1. The van der Waals surface area contributed by atoms with Crippen LogP contribution in [-0.4, -0.2) is 5.11 Å². The average molecular weight is 246 g/mol. The van der Waals surface area contributed by atoms with Gasteiger partial charge < -0.3 is 9.52 Å². The zero-order valence-corrected chi connectivity index (χ0v) is 11.7. The monoisotopic (exact) mass is 246 g/mol. The third-order valence-corrected chi connectivity index (χ3v) is 3.26. The van der Waals surface area contributed by atoms with E-state index in [-0.39, 0.29) is 5.41 Å². The van der Waals surface area contributed by atoms with Crippen molar-refractivity contribution in [3.63, 3.8) is 0 Å². The minimum atomic E-state index is -0.491. The predicted molar refractivity (Wildman–Crippen MR) is 74.8 cm³/mol. The summed E-state index contributed by atoms with van der Waals surface area (Å²) in [6, 6.07) is 8.15. The van der Waals surface area contributed by atoms with E-state index in [9.17, 15) is 5.11 Å². The van der Waals surface area contributed by atoms with Crippen molar-refractivity contribution in [3.05, 3.63) is 35.6 Å². The van der Waals surface area contributed by atoms with Crippen LogP contribution in [-0.2, 0) is 5.41 Å². The summed E-state index contributed by atoms with van der Waals surface area (Å²) in [5.74, 6) is 0.684. The van der Waals surface area contributed by atoms with Crippen molar-refractivity contribution in [2.45, 2.75) is 52.1 Å². The second-order valence-electron chi connectivity index (χ2n) is 5.93. The van der Waals surface area contributed by atoms with Crippen LogP contribution in [0.1, 0.15) is 58.0 Å². The molecule has 18 heavy (non-hydrogen) atoms. The van der Waals surface area contributed by atoms with Crippen molar-refractivity contribution < 1.29 is 9.52 Å². The SMILES string of the molecule is CCCC(O)c1cc2cccc(C(C)(C)C)c2o1. The first-order chi connectivity index (χ1) is 8.43. The summed E-state index contributed by atoms with van der Waals surface area (Å²) in [4.78, 5) is 0. The number of aliphatic hydroxyl groups is 1. The highest BCUT2D eigenvalue weighted by atomic mass is 16.4. The summed E-state index contributed by atoms with van der Waals surface area (Å²) >= 11 is 0. The Morgan fingerprint density at radius 2 is 2.00 bits per heavy atom. The quantitative estimate of drug-likeness (QED) is 0.861. The van der Waals surface area contributed by atoms with Crippen molar-refractivity contribution in [3.8, 4) is 0 Å². The first-order valence-corrected chi connectivity index (χ1v) is 6.64. The van der Waals surface area contributed by atoms with Crippen molar-refractivity contribution in [1.29, 1.82) is 0 Å². The van der Waals surface area contributed by atoms with Crippen LogP contribution in [0, 0.1) is 0 Å². The van der Waals surface area contributed by atoms with Crippen LogP contribution in [0.25, 0.3) is 11.0 Å². The van der Waals surface area contributed by atoms with E-state index < -0.39 is 6.10 Å². The molecule has 1 atom stereocenters. The third kappa shape index (κ3) is 2.44.